The number of carbonyl (C=O) groups is 2. The highest BCUT2D eigenvalue weighted by molar-refractivity contribution is 7.21. The summed E-state index contributed by atoms with van der Waals surface area (Å²) in [6, 6.07) is 11.4. The lowest BCUT2D eigenvalue weighted by atomic mass is 10.2. The van der Waals surface area contributed by atoms with Crippen LogP contribution < -0.4 is 10.9 Å². The van der Waals surface area contributed by atoms with E-state index in [-0.39, 0.29) is 18.7 Å². The minimum Gasteiger partial charge on any atom is -0.450 e. The van der Waals surface area contributed by atoms with Gasteiger partial charge in [0.2, 0.25) is 5.91 Å². The molecule has 0 atom stereocenters. The van der Waals surface area contributed by atoms with Crippen LogP contribution in [0, 0.1) is 0 Å². The van der Waals surface area contributed by atoms with Gasteiger partial charge >= 0.3 is 6.09 Å². The maximum Gasteiger partial charge on any atom is 0.413 e. The van der Waals surface area contributed by atoms with Gasteiger partial charge in [0, 0.05) is 4.88 Å². The van der Waals surface area contributed by atoms with Gasteiger partial charge in [-0.2, -0.15) is 0 Å². The van der Waals surface area contributed by atoms with E-state index in [4.69, 9.17) is 0 Å². The van der Waals surface area contributed by atoms with Crippen LogP contribution in [0.3, 0.4) is 0 Å². The highest BCUT2D eigenvalue weighted by Crippen LogP contribution is 2.30. The molecule has 0 bridgehead atoms. The van der Waals surface area contributed by atoms with E-state index in [1.54, 1.807) is 13.0 Å². The zero-order valence-electron chi connectivity index (χ0n) is 13.4. The molecule has 2 heterocycles. The predicted octanol–water partition coefficient (Wildman–Crippen LogP) is 2.40. The number of aromatic nitrogens is 2. The average Bonchev–Trinajstić information content (AvgIpc) is 3.03. The first kappa shape index (κ1) is 16.8. The summed E-state index contributed by atoms with van der Waals surface area (Å²) >= 11 is 1.41. The largest absolute Gasteiger partial charge is 0.450 e. The smallest absolute Gasteiger partial charge is 0.413 e. The minimum atomic E-state index is -0.837. The van der Waals surface area contributed by atoms with E-state index in [0.717, 1.165) is 10.4 Å². The van der Waals surface area contributed by atoms with Crippen LogP contribution in [0.5, 0.6) is 0 Å². The van der Waals surface area contributed by atoms with E-state index in [1.807, 2.05) is 30.3 Å². The van der Waals surface area contributed by atoms with Crippen LogP contribution in [0.4, 0.5) is 4.79 Å². The van der Waals surface area contributed by atoms with Crippen molar-refractivity contribution in [1.82, 2.24) is 14.9 Å². The molecule has 0 spiro atoms. The molecule has 0 saturated heterocycles. The maximum atomic E-state index is 12.6. The first-order valence-corrected chi connectivity index (χ1v) is 8.41. The Balaban J connectivity index is 1.86. The third-order valence-corrected chi connectivity index (χ3v) is 4.50. The monoisotopic (exact) mass is 357 g/mol. The summed E-state index contributed by atoms with van der Waals surface area (Å²) < 4.78 is 5.80. The average molecular weight is 357 g/mol. The van der Waals surface area contributed by atoms with Crippen LogP contribution in [0.15, 0.2) is 47.5 Å². The van der Waals surface area contributed by atoms with Gasteiger partial charge in [-0.3, -0.25) is 19.5 Å². The maximum absolute atomic E-state index is 12.6. The summed E-state index contributed by atoms with van der Waals surface area (Å²) in [6.07, 6.45) is 0.470. The molecule has 25 heavy (non-hydrogen) atoms. The molecule has 8 heteroatoms. The van der Waals surface area contributed by atoms with Crippen LogP contribution in [-0.2, 0) is 16.1 Å². The SMILES string of the molecule is CCOC(=O)NC(=O)Cn1cnc2sc(-c3ccccc3)cc2c1=O. The number of amides is 2. The Morgan fingerprint density at radius 1 is 1.28 bits per heavy atom. The van der Waals surface area contributed by atoms with Crippen LogP contribution in [0.25, 0.3) is 20.7 Å². The molecule has 0 unspecified atom stereocenters. The number of hydrogen-bond acceptors (Lipinski definition) is 6. The van der Waals surface area contributed by atoms with Crippen molar-refractivity contribution in [2.24, 2.45) is 0 Å². The quantitative estimate of drug-likeness (QED) is 0.774. The second-order valence-corrected chi connectivity index (χ2v) is 6.17. The molecule has 0 aliphatic heterocycles. The number of ether oxygens (including phenoxy) is 1. The lowest BCUT2D eigenvalue weighted by Crippen LogP contribution is -2.36. The third kappa shape index (κ3) is 3.74. The van der Waals surface area contributed by atoms with Crippen molar-refractivity contribution in [1.29, 1.82) is 0 Å². The number of carbonyl (C=O) groups excluding carboxylic acids is 2. The van der Waals surface area contributed by atoms with Gasteiger partial charge in [-0.1, -0.05) is 30.3 Å². The number of benzene rings is 1. The number of alkyl carbamates (subject to hydrolysis) is 1. The molecule has 0 radical (unpaired) electrons. The van der Waals surface area contributed by atoms with Crippen molar-refractivity contribution >= 4 is 33.6 Å². The fraction of sp³-hybridized carbons (Fsp3) is 0.176. The molecule has 0 fully saturated rings. The number of nitrogens with zero attached hydrogens (tertiary/aromatic N) is 2. The summed E-state index contributed by atoms with van der Waals surface area (Å²) in [5, 5.41) is 2.49. The van der Waals surface area contributed by atoms with Crippen molar-refractivity contribution in [3.05, 3.63) is 53.1 Å². The van der Waals surface area contributed by atoms with Gasteiger partial charge in [-0.05, 0) is 18.6 Å². The van der Waals surface area contributed by atoms with E-state index < -0.39 is 12.0 Å². The first-order chi connectivity index (χ1) is 12.1. The zero-order chi connectivity index (χ0) is 17.8. The van der Waals surface area contributed by atoms with Crippen LogP contribution >= 0.6 is 11.3 Å². The molecule has 0 aliphatic carbocycles. The molecular weight excluding hydrogens is 342 g/mol. The van der Waals surface area contributed by atoms with Crippen LogP contribution in [0.1, 0.15) is 6.92 Å². The first-order valence-electron chi connectivity index (χ1n) is 7.59. The summed E-state index contributed by atoms with van der Waals surface area (Å²) in [5.41, 5.74) is 0.666. The number of imide groups is 1. The molecule has 0 aliphatic rings. The van der Waals surface area contributed by atoms with E-state index in [2.05, 4.69) is 15.0 Å². The lowest BCUT2D eigenvalue weighted by molar-refractivity contribution is -0.121. The molecule has 128 valence electrons. The molecule has 1 aromatic carbocycles. The fourth-order valence-corrected chi connectivity index (χ4v) is 3.29. The topological polar surface area (TPSA) is 90.3 Å². The van der Waals surface area contributed by atoms with Crippen molar-refractivity contribution in [2.45, 2.75) is 13.5 Å². The van der Waals surface area contributed by atoms with Crippen molar-refractivity contribution in [3.8, 4) is 10.4 Å². The van der Waals surface area contributed by atoms with Crippen molar-refractivity contribution in [3.63, 3.8) is 0 Å². The van der Waals surface area contributed by atoms with Crippen molar-refractivity contribution < 1.29 is 14.3 Å². The number of thiophene rings is 1. The molecule has 0 saturated carbocycles. The number of fused-ring (bicyclic) bond motifs is 1. The summed E-state index contributed by atoms with van der Waals surface area (Å²) in [4.78, 5) is 41.4. The molecule has 7 nitrogen and oxygen atoms in total. The number of hydrogen-bond donors (Lipinski definition) is 1. The molecule has 3 rings (SSSR count). The highest BCUT2D eigenvalue weighted by atomic mass is 32.1. The van der Waals surface area contributed by atoms with Gasteiger partial charge in [-0.15, -0.1) is 11.3 Å². The number of rotatable bonds is 4. The summed E-state index contributed by atoms with van der Waals surface area (Å²) in [6.45, 7) is 1.48. The van der Waals surface area contributed by atoms with Gasteiger partial charge < -0.3 is 4.74 Å². The fourth-order valence-electron chi connectivity index (χ4n) is 2.29. The second kappa shape index (κ2) is 7.27. The highest BCUT2D eigenvalue weighted by Gasteiger charge is 2.14. The summed E-state index contributed by atoms with van der Waals surface area (Å²) in [5.74, 6) is -0.639. The van der Waals surface area contributed by atoms with Crippen molar-refractivity contribution in [2.75, 3.05) is 6.61 Å². The van der Waals surface area contributed by atoms with E-state index in [1.165, 1.54) is 22.2 Å². The van der Waals surface area contributed by atoms with Gasteiger partial charge in [0.1, 0.15) is 11.4 Å². The van der Waals surface area contributed by atoms with Gasteiger partial charge in [-0.25, -0.2) is 9.78 Å². The molecular formula is C17H15N3O4S. The predicted molar refractivity (Wildman–Crippen MR) is 94.5 cm³/mol. The Kier molecular flexibility index (Phi) is 4.90. The Hall–Kier alpha value is -3.00. The Labute approximate surface area is 146 Å². The third-order valence-electron chi connectivity index (χ3n) is 3.41. The van der Waals surface area contributed by atoms with E-state index in [9.17, 15) is 14.4 Å². The Morgan fingerprint density at radius 3 is 2.76 bits per heavy atom. The van der Waals surface area contributed by atoms with E-state index in [0.29, 0.717) is 10.2 Å². The summed E-state index contributed by atoms with van der Waals surface area (Å²) in [7, 11) is 0. The van der Waals surface area contributed by atoms with Gasteiger partial charge in [0.05, 0.1) is 18.3 Å². The van der Waals surface area contributed by atoms with Gasteiger partial charge in [0.25, 0.3) is 5.56 Å². The molecule has 1 N–H and O–H groups in total. The van der Waals surface area contributed by atoms with Crippen LogP contribution in [0.2, 0.25) is 0 Å². The number of nitrogens with one attached hydrogen (secondary N) is 1. The van der Waals surface area contributed by atoms with E-state index >= 15 is 0 Å². The minimum absolute atomic E-state index is 0.156. The molecule has 2 amide bonds. The molecule has 3 aromatic rings. The van der Waals surface area contributed by atoms with Gasteiger partial charge in [0.15, 0.2) is 0 Å². The standard InChI is InChI=1S/C17H15N3O4S/c1-2-24-17(23)19-14(21)9-20-10-18-15-12(16(20)22)8-13(25-15)11-6-4-3-5-7-11/h3-8,10H,2,9H2,1H3,(H,19,21,23). The Morgan fingerprint density at radius 2 is 2.04 bits per heavy atom. The Bertz CT molecular complexity index is 978. The lowest BCUT2D eigenvalue weighted by Gasteiger charge is -2.06. The normalized spacial score (nSPS) is 10.6. The molecule has 2 aromatic heterocycles. The van der Waals surface area contributed by atoms with Crippen LogP contribution in [-0.4, -0.2) is 28.2 Å². The zero-order valence-corrected chi connectivity index (χ0v) is 14.2. The second-order valence-electron chi connectivity index (χ2n) is 5.14.